The Kier molecular flexibility index (Phi) is 9.29. The predicted molar refractivity (Wildman–Crippen MR) is 132 cm³/mol. The second-order valence-corrected chi connectivity index (χ2v) is 9.77. The van der Waals surface area contributed by atoms with Crippen molar-refractivity contribution in [2.75, 3.05) is 13.2 Å². The Bertz CT molecular complexity index is 1030. The summed E-state index contributed by atoms with van der Waals surface area (Å²) in [7, 11) is 0. The number of rotatable bonds is 11. The fourth-order valence-corrected chi connectivity index (χ4v) is 4.65. The Labute approximate surface area is 203 Å². The van der Waals surface area contributed by atoms with Gasteiger partial charge >= 0.3 is 0 Å². The van der Waals surface area contributed by atoms with Crippen molar-refractivity contribution in [3.63, 3.8) is 0 Å². The van der Waals surface area contributed by atoms with Crippen LogP contribution >= 0.6 is 35.0 Å². The molecule has 3 aromatic carbocycles. The first kappa shape index (κ1) is 24.9. The van der Waals surface area contributed by atoms with Crippen molar-refractivity contribution in [2.24, 2.45) is 5.73 Å². The molecule has 3 aromatic rings. The van der Waals surface area contributed by atoms with E-state index in [0.717, 1.165) is 39.5 Å². The largest absolute Gasteiger partial charge is 0.489 e. The van der Waals surface area contributed by atoms with Crippen LogP contribution in [-0.2, 0) is 13.0 Å². The topological polar surface area (TPSA) is 75.7 Å². The van der Waals surface area contributed by atoms with E-state index in [4.69, 9.17) is 33.7 Å². The van der Waals surface area contributed by atoms with Gasteiger partial charge in [0.05, 0.1) is 18.8 Å². The minimum absolute atomic E-state index is 0.241. The van der Waals surface area contributed by atoms with Gasteiger partial charge in [-0.3, -0.25) is 0 Å². The molecule has 0 aromatic heterocycles. The van der Waals surface area contributed by atoms with E-state index >= 15 is 0 Å². The van der Waals surface area contributed by atoms with Crippen molar-refractivity contribution in [3.8, 4) is 5.75 Å². The summed E-state index contributed by atoms with van der Waals surface area (Å²) in [5.74, 6) is 0.788. The van der Waals surface area contributed by atoms with Crippen LogP contribution in [0.3, 0.4) is 0 Å². The van der Waals surface area contributed by atoms with E-state index in [1.807, 2.05) is 66.7 Å². The molecule has 0 amide bonds. The summed E-state index contributed by atoms with van der Waals surface area (Å²) in [6.45, 7) is -0.0325. The first-order valence-corrected chi connectivity index (χ1v) is 11.9. The predicted octanol–water partition coefficient (Wildman–Crippen LogP) is 5.73. The van der Waals surface area contributed by atoms with Crippen LogP contribution in [0.2, 0.25) is 10.0 Å². The van der Waals surface area contributed by atoms with Crippen LogP contribution in [0, 0.1) is 0 Å². The second kappa shape index (κ2) is 11.9. The highest BCUT2D eigenvalue weighted by Crippen LogP contribution is 2.33. The Balaban J connectivity index is 1.57. The summed E-state index contributed by atoms with van der Waals surface area (Å²) in [6, 6.07) is 21.6. The second-order valence-electron chi connectivity index (χ2n) is 7.78. The first-order chi connectivity index (χ1) is 15.4. The Morgan fingerprint density at radius 1 is 0.906 bits per heavy atom. The molecule has 7 heteroatoms. The number of hydrogen-bond acceptors (Lipinski definition) is 5. The summed E-state index contributed by atoms with van der Waals surface area (Å²) < 4.78 is 5.91. The van der Waals surface area contributed by atoms with Crippen molar-refractivity contribution in [2.45, 2.75) is 41.2 Å². The van der Waals surface area contributed by atoms with Gasteiger partial charge in [-0.15, -0.1) is 0 Å². The van der Waals surface area contributed by atoms with Crippen molar-refractivity contribution in [1.29, 1.82) is 0 Å². The minimum Gasteiger partial charge on any atom is -0.489 e. The quantitative estimate of drug-likeness (QED) is 0.319. The molecule has 32 heavy (non-hydrogen) atoms. The Morgan fingerprint density at radius 3 is 2.38 bits per heavy atom. The summed E-state index contributed by atoms with van der Waals surface area (Å²) in [6.07, 6.45) is 1.99. The van der Waals surface area contributed by atoms with Gasteiger partial charge in [-0.25, -0.2) is 0 Å². The summed E-state index contributed by atoms with van der Waals surface area (Å²) >= 11 is 14.1. The first-order valence-electron chi connectivity index (χ1n) is 10.3. The van der Waals surface area contributed by atoms with E-state index in [9.17, 15) is 10.2 Å². The molecule has 0 unspecified atom stereocenters. The molecule has 3 rings (SSSR count). The third-order valence-corrected chi connectivity index (χ3v) is 6.68. The zero-order valence-corrected chi connectivity index (χ0v) is 20.0. The van der Waals surface area contributed by atoms with E-state index in [2.05, 4.69) is 0 Å². The van der Waals surface area contributed by atoms with Crippen molar-refractivity contribution in [1.82, 2.24) is 0 Å². The molecule has 0 aliphatic rings. The maximum absolute atomic E-state index is 9.31. The van der Waals surface area contributed by atoms with Crippen LogP contribution in [0.25, 0.3) is 0 Å². The molecule has 4 nitrogen and oxygen atoms in total. The van der Waals surface area contributed by atoms with E-state index in [1.54, 1.807) is 11.8 Å². The summed E-state index contributed by atoms with van der Waals surface area (Å²) in [5, 5.41) is 20.0. The molecule has 0 bridgehead atoms. The number of hydrogen-bond donors (Lipinski definition) is 3. The van der Waals surface area contributed by atoms with E-state index in [1.165, 1.54) is 0 Å². The van der Waals surface area contributed by atoms with Gasteiger partial charge in [0.25, 0.3) is 0 Å². The lowest BCUT2D eigenvalue weighted by molar-refractivity contribution is 0.113. The van der Waals surface area contributed by atoms with Crippen LogP contribution in [0.1, 0.15) is 24.0 Å². The van der Waals surface area contributed by atoms with Crippen LogP contribution < -0.4 is 10.5 Å². The molecule has 0 aliphatic carbocycles. The number of aryl methyl sites for hydroxylation is 1. The minimum atomic E-state index is -0.942. The molecule has 4 N–H and O–H groups in total. The van der Waals surface area contributed by atoms with Gasteiger partial charge in [0.2, 0.25) is 0 Å². The van der Waals surface area contributed by atoms with Gasteiger partial charge in [0.15, 0.2) is 0 Å². The molecule has 0 saturated carbocycles. The van der Waals surface area contributed by atoms with Crippen LogP contribution in [0.5, 0.6) is 5.75 Å². The van der Waals surface area contributed by atoms with Crippen LogP contribution in [0.15, 0.2) is 76.5 Å². The monoisotopic (exact) mass is 491 g/mol. The number of halogens is 2. The highest BCUT2D eigenvalue weighted by molar-refractivity contribution is 7.99. The molecular weight excluding hydrogens is 465 g/mol. The lowest BCUT2D eigenvalue weighted by atomic mass is 9.94. The molecule has 0 aliphatic heterocycles. The number of aliphatic hydroxyl groups excluding tert-OH is 2. The highest BCUT2D eigenvalue weighted by Gasteiger charge is 2.22. The Morgan fingerprint density at radius 2 is 1.66 bits per heavy atom. The van der Waals surface area contributed by atoms with Gasteiger partial charge in [-0.2, -0.15) is 0 Å². The lowest BCUT2D eigenvalue weighted by Crippen LogP contribution is -2.47. The molecule has 0 saturated heterocycles. The maximum atomic E-state index is 9.31. The number of nitrogens with two attached hydrogens (primary N) is 1. The van der Waals surface area contributed by atoms with Gasteiger partial charge in [0.1, 0.15) is 12.4 Å². The molecule has 170 valence electrons. The fraction of sp³-hybridized carbons (Fsp3) is 0.280. The Hall–Kier alpha value is -1.73. The average molecular weight is 492 g/mol. The normalized spacial score (nSPS) is 11.5. The molecule has 0 spiro atoms. The maximum Gasteiger partial charge on any atom is 0.120 e. The molecular formula is C25H27Cl2NO3S. The van der Waals surface area contributed by atoms with Gasteiger partial charge in [-0.1, -0.05) is 59.2 Å². The van der Waals surface area contributed by atoms with E-state index in [0.29, 0.717) is 23.1 Å². The zero-order chi connectivity index (χ0) is 23.0. The number of aliphatic hydroxyl groups is 2. The molecule has 0 fully saturated rings. The van der Waals surface area contributed by atoms with Crippen molar-refractivity contribution < 1.29 is 14.9 Å². The zero-order valence-electron chi connectivity index (χ0n) is 17.6. The molecule has 0 radical (unpaired) electrons. The van der Waals surface area contributed by atoms with E-state index in [-0.39, 0.29) is 13.2 Å². The number of benzene rings is 3. The van der Waals surface area contributed by atoms with Crippen molar-refractivity contribution in [3.05, 3.63) is 87.9 Å². The van der Waals surface area contributed by atoms with Gasteiger partial charge in [-0.05, 0) is 72.9 Å². The van der Waals surface area contributed by atoms with Crippen LogP contribution in [0.4, 0.5) is 0 Å². The number of ether oxygens (including phenoxy) is 1. The SMILES string of the molecule is NC(CO)(CO)CCCc1ccc(Sc2cccc(OCc3cccc(Cl)c3)c2)cc1Cl. The fourth-order valence-electron chi connectivity index (χ4n) is 3.19. The highest BCUT2D eigenvalue weighted by atomic mass is 35.5. The lowest BCUT2D eigenvalue weighted by Gasteiger charge is -2.24. The summed E-state index contributed by atoms with van der Waals surface area (Å²) in [5.41, 5.74) is 7.02. The smallest absolute Gasteiger partial charge is 0.120 e. The summed E-state index contributed by atoms with van der Waals surface area (Å²) in [4.78, 5) is 2.08. The van der Waals surface area contributed by atoms with E-state index < -0.39 is 5.54 Å². The third-order valence-electron chi connectivity index (χ3n) is 5.11. The molecule has 0 heterocycles. The average Bonchev–Trinajstić information content (AvgIpc) is 2.79. The van der Waals surface area contributed by atoms with Gasteiger partial charge < -0.3 is 20.7 Å². The van der Waals surface area contributed by atoms with Gasteiger partial charge in [0, 0.05) is 19.8 Å². The third kappa shape index (κ3) is 7.41. The standard InChI is InChI=1S/C25H27Cl2NO3S/c26-20-6-1-4-18(12-20)15-31-21-7-2-8-22(13-21)32-23-10-9-19(24(27)14-23)5-3-11-25(28,16-29)17-30/h1-2,4,6-10,12-14,29-30H,3,5,11,15-17,28H2. The molecule has 0 atom stereocenters. The van der Waals surface area contributed by atoms with Crippen LogP contribution in [-0.4, -0.2) is 29.0 Å². The van der Waals surface area contributed by atoms with Crippen molar-refractivity contribution >= 4 is 35.0 Å².